The van der Waals surface area contributed by atoms with Gasteiger partial charge in [0.1, 0.15) is 0 Å². The number of fused-ring (bicyclic) bond motifs is 2. The monoisotopic (exact) mass is 417 g/mol. The first-order valence-corrected chi connectivity index (χ1v) is 8.95. The van der Waals surface area contributed by atoms with Crippen LogP contribution in [0.5, 0.6) is 0 Å². The molecular formula is C17H16ClN7O2S. The number of nitrogens with two attached hydrogens (primary N) is 2. The summed E-state index contributed by atoms with van der Waals surface area (Å²) in [7, 11) is 0. The maximum atomic E-state index is 10.9. The fourth-order valence-electron chi connectivity index (χ4n) is 3.02. The summed E-state index contributed by atoms with van der Waals surface area (Å²) in [6.45, 7) is 0. The Hall–Kier alpha value is -3.11. The molecule has 0 fully saturated rings. The van der Waals surface area contributed by atoms with E-state index in [0.29, 0.717) is 16.2 Å². The number of hydrogen-bond donors (Lipinski definition) is 3. The summed E-state index contributed by atoms with van der Waals surface area (Å²) >= 11 is 1.49. The summed E-state index contributed by atoms with van der Waals surface area (Å²) in [4.78, 5) is 18.2. The Morgan fingerprint density at radius 3 is 2.82 bits per heavy atom. The van der Waals surface area contributed by atoms with Crippen molar-refractivity contribution in [1.29, 1.82) is 0 Å². The summed E-state index contributed by atoms with van der Waals surface area (Å²) in [5.74, 6) is -0.105. The number of H-pyrrole nitrogens is 1. The van der Waals surface area contributed by atoms with Crippen molar-refractivity contribution in [3.05, 3.63) is 63.7 Å². The number of aromatic nitrogens is 2. The van der Waals surface area contributed by atoms with E-state index in [1.54, 1.807) is 6.07 Å². The molecule has 1 heterocycles. The first-order valence-electron chi connectivity index (χ1n) is 8.07. The second-order valence-corrected chi connectivity index (χ2v) is 7.17. The standard InChI is InChI=1S/C17H15N7O2S.ClH/c18-16(19)23-22-15-11-4-2-1-3-9(11)7-14(15)27-17-20-12-6-5-10(24(25)26)8-13(12)21-17;/h1-6,8,14H,7H2,(H,20,21)(H4,18,19,23);1H/b22-15+;. The van der Waals surface area contributed by atoms with Crippen molar-refractivity contribution in [2.24, 2.45) is 21.7 Å². The van der Waals surface area contributed by atoms with Crippen LogP contribution in [0.2, 0.25) is 0 Å². The van der Waals surface area contributed by atoms with Gasteiger partial charge < -0.3 is 16.5 Å². The van der Waals surface area contributed by atoms with Gasteiger partial charge in [-0.2, -0.15) is 5.10 Å². The predicted octanol–water partition coefficient (Wildman–Crippen LogP) is 2.59. The van der Waals surface area contributed by atoms with Gasteiger partial charge >= 0.3 is 0 Å². The Balaban J connectivity index is 0.00000225. The van der Waals surface area contributed by atoms with Crippen molar-refractivity contribution in [2.45, 2.75) is 16.8 Å². The number of halogens is 1. The summed E-state index contributed by atoms with van der Waals surface area (Å²) in [5, 5.41) is 19.6. The number of nitro groups is 1. The molecule has 28 heavy (non-hydrogen) atoms. The highest BCUT2D eigenvalue weighted by molar-refractivity contribution is 8.00. The molecule has 3 aromatic rings. The number of nitro benzene ring substituents is 1. The number of non-ortho nitro benzene ring substituents is 1. The van der Waals surface area contributed by atoms with Gasteiger partial charge in [-0.15, -0.1) is 17.5 Å². The maximum Gasteiger partial charge on any atom is 0.271 e. The Morgan fingerprint density at radius 1 is 1.29 bits per heavy atom. The number of benzene rings is 2. The molecule has 4 rings (SSSR count). The van der Waals surface area contributed by atoms with Crippen molar-refractivity contribution in [1.82, 2.24) is 9.97 Å². The Morgan fingerprint density at radius 2 is 2.07 bits per heavy atom. The van der Waals surface area contributed by atoms with E-state index in [1.807, 2.05) is 24.3 Å². The zero-order chi connectivity index (χ0) is 19.0. The molecule has 5 N–H and O–H groups in total. The fourth-order valence-corrected chi connectivity index (χ4v) is 4.16. The second kappa shape index (κ2) is 7.87. The van der Waals surface area contributed by atoms with E-state index in [1.165, 1.54) is 23.9 Å². The topological polar surface area (TPSA) is 149 Å². The van der Waals surface area contributed by atoms with Crippen molar-refractivity contribution in [3.63, 3.8) is 0 Å². The highest BCUT2D eigenvalue weighted by Gasteiger charge is 2.30. The first-order chi connectivity index (χ1) is 13.0. The van der Waals surface area contributed by atoms with Crippen LogP contribution in [0.1, 0.15) is 11.1 Å². The van der Waals surface area contributed by atoms with E-state index in [2.05, 4.69) is 20.2 Å². The molecule has 0 saturated heterocycles. The minimum atomic E-state index is -0.430. The third-order valence-electron chi connectivity index (χ3n) is 4.19. The largest absolute Gasteiger partial charge is 0.369 e. The number of guanidine groups is 1. The SMILES string of the molecule is Cl.NC(N)=N/N=C1\c2ccccc2CC1Sc1nc2ccc([N+](=O)[O-])cc2[nH]1. The zero-order valence-corrected chi connectivity index (χ0v) is 16.0. The van der Waals surface area contributed by atoms with Crippen molar-refractivity contribution in [3.8, 4) is 0 Å². The number of aromatic amines is 1. The van der Waals surface area contributed by atoms with Gasteiger partial charge in [-0.05, 0) is 18.1 Å². The lowest BCUT2D eigenvalue weighted by atomic mass is 10.1. The molecule has 0 bridgehead atoms. The molecule has 1 aromatic heterocycles. The summed E-state index contributed by atoms with van der Waals surface area (Å²) < 4.78 is 0. The molecule has 1 atom stereocenters. The number of nitrogens with one attached hydrogen (secondary N) is 1. The molecule has 0 aliphatic heterocycles. The van der Waals surface area contributed by atoms with Crippen LogP contribution in [0, 0.1) is 10.1 Å². The van der Waals surface area contributed by atoms with Gasteiger partial charge in [0.05, 0.1) is 26.9 Å². The van der Waals surface area contributed by atoms with Gasteiger partial charge in [0.25, 0.3) is 5.69 Å². The van der Waals surface area contributed by atoms with E-state index < -0.39 is 4.92 Å². The van der Waals surface area contributed by atoms with Gasteiger partial charge in [0.2, 0.25) is 5.96 Å². The number of rotatable bonds is 4. The summed E-state index contributed by atoms with van der Waals surface area (Å²) in [6.07, 6.45) is 0.761. The number of nitrogens with zero attached hydrogens (tertiary/aromatic N) is 4. The predicted molar refractivity (Wildman–Crippen MR) is 112 cm³/mol. The van der Waals surface area contributed by atoms with Crippen LogP contribution in [-0.2, 0) is 6.42 Å². The van der Waals surface area contributed by atoms with E-state index >= 15 is 0 Å². The van der Waals surface area contributed by atoms with Crippen LogP contribution in [0.25, 0.3) is 11.0 Å². The van der Waals surface area contributed by atoms with Crippen LogP contribution >= 0.6 is 24.2 Å². The van der Waals surface area contributed by atoms with Gasteiger partial charge in [-0.1, -0.05) is 36.0 Å². The van der Waals surface area contributed by atoms with Gasteiger partial charge in [0.15, 0.2) is 5.16 Å². The molecular weight excluding hydrogens is 402 g/mol. The summed E-state index contributed by atoms with van der Waals surface area (Å²) in [5.41, 5.74) is 15.1. The van der Waals surface area contributed by atoms with Crippen molar-refractivity contribution < 1.29 is 4.92 Å². The Kier molecular flexibility index (Phi) is 5.52. The van der Waals surface area contributed by atoms with Crippen LogP contribution in [0.3, 0.4) is 0 Å². The molecule has 9 nitrogen and oxygen atoms in total. The van der Waals surface area contributed by atoms with Crippen LogP contribution < -0.4 is 11.5 Å². The van der Waals surface area contributed by atoms with Crippen LogP contribution in [0.15, 0.2) is 57.8 Å². The molecule has 0 radical (unpaired) electrons. The fraction of sp³-hybridized carbons (Fsp3) is 0.118. The Labute approximate surface area is 169 Å². The van der Waals surface area contributed by atoms with Gasteiger partial charge in [-0.3, -0.25) is 10.1 Å². The highest BCUT2D eigenvalue weighted by Crippen LogP contribution is 2.35. The highest BCUT2D eigenvalue weighted by atomic mass is 35.5. The molecule has 0 amide bonds. The molecule has 0 saturated carbocycles. The van der Waals surface area contributed by atoms with Crippen LogP contribution in [-0.4, -0.2) is 31.8 Å². The average Bonchev–Trinajstić information content (AvgIpc) is 3.19. The smallest absolute Gasteiger partial charge is 0.271 e. The third kappa shape index (κ3) is 3.78. The van der Waals surface area contributed by atoms with Gasteiger partial charge in [-0.25, -0.2) is 4.98 Å². The lowest BCUT2D eigenvalue weighted by Crippen LogP contribution is -2.22. The molecule has 1 aliphatic rings. The normalized spacial score (nSPS) is 16.6. The van der Waals surface area contributed by atoms with Crippen molar-refractivity contribution >= 4 is 52.6 Å². The molecule has 144 valence electrons. The number of hydrogen-bond acceptors (Lipinski definition) is 6. The van der Waals surface area contributed by atoms with Crippen LogP contribution in [0.4, 0.5) is 5.69 Å². The first kappa shape index (κ1) is 19.6. The Bertz CT molecular complexity index is 1110. The minimum absolute atomic E-state index is 0. The molecule has 11 heteroatoms. The van der Waals surface area contributed by atoms with Gasteiger partial charge in [0, 0.05) is 17.7 Å². The molecule has 2 aromatic carbocycles. The summed E-state index contributed by atoms with van der Waals surface area (Å²) in [6, 6.07) is 12.5. The zero-order valence-electron chi connectivity index (χ0n) is 14.4. The van der Waals surface area contributed by atoms with Crippen molar-refractivity contribution in [2.75, 3.05) is 0 Å². The minimum Gasteiger partial charge on any atom is -0.369 e. The van der Waals surface area contributed by atoms with E-state index in [0.717, 1.165) is 23.3 Å². The lowest BCUT2D eigenvalue weighted by Gasteiger charge is -2.07. The molecule has 0 spiro atoms. The molecule has 1 unspecified atom stereocenters. The number of thioether (sulfide) groups is 1. The number of imidazole rings is 1. The van der Waals surface area contributed by atoms with E-state index in [-0.39, 0.29) is 29.3 Å². The average molecular weight is 418 g/mol. The third-order valence-corrected chi connectivity index (χ3v) is 5.28. The van der Waals surface area contributed by atoms with E-state index in [9.17, 15) is 10.1 Å². The van der Waals surface area contributed by atoms with E-state index in [4.69, 9.17) is 11.5 Å². The quantitative estimate of drug-likeness (QED) is 0.257. The maximum absolute atomic E-state index is 10.9. The lowest BCUT2D eigenvalue weighted by molar-refractivity contribution is -0.384. The molecule has 1 aliphatic carbocycles. The second-order valence-electron chi connectivity index (χ2n) is 5.98.